The van der Waals surface area contributed by atoms with Crippen molar-refractivity contribution in [1.29, 1.82) is 0 Å². The first kappa shape index (κ1) is 24.2. The number of pyridine rings is 2. The standard InChI is InChI=1S/C19H14N3.C11H8N.Ir/c1-14-12-20-13-17-18(14)21-19(15-8-4-2-5-9-15)22(17)16-10-6-3-7-11-16;1-2-6-10(7-3-1)11-8-4-5-9-12-11;/h2-8,10-13H,1H3;1-6,8-9H;/q2*-1;. The second kappa shape index (κ2) is 11.5. The third-order valence-electron chi connectivity index (χ3n) is 5.37. The molecule has 6 aromatic rings. The molecule has 0 spiro atoms. The monoisotopic (exact) mass is 631 g/mol. The minimum Gasteiger partial charge on any atom is -0.332 e. The Morgan fingerprint density at radius 3 is 2.06 bits per heavy atom. The first-order valence-electron chi connectivity index (χ1n) is 11.0. The summed E-state index contributed by atoms with van der Waals surface area (Å²) in [5.74, 6) is 0.887. The van der Waals surface area contributed by atoms with E-state index in [1.807, 2.05) is 104 Å². The maximum absolute atomic E-state index is 4.85. The van der Waals surface area contributed by atoms with E-state index in [0.29, 0.717) is 0 Å². The molecule has 6 rings (SSSR count). The summed E-state index contributed by atoms with van der Waals surface area (Å²) in [6, 6.07) is 38.2. The van der Waals surface area contributed by atoms with Gasteiger partial charge in [-0.1, -0.05) is 30.3 Å². The Bertz CT molecular complexity index is 1450. The summed E-state index contributed by atoms with van der Waals surface area (Å²) in [5, 5.41) is 0. The molecule has 0 fully saturated rings. The number of hydrogen-bond donors (Lipinski definition) is 0. The number of aryl methyl sites for hydroxylation is 1. The van der Waals surface area contributed by atoms with Crippen molar-refractivity contribution < 1.29 is 20.1 Å². The molecule has 173 valence electrons. The third-order valence-corrected chi connectivity index (χ3v) is 5.37. The van der Waals surface area contributed by atoms with Gasteiger partial charge in [-0.3, -0.25) is 9.97 Å². The van der Waals surface area contributed by atoms with Gasteiger partial charge in [-0.05, 0) is 36.4 Å². The molecule has 0 saturated heterocycles. The molecule has 3 aromatic heterocycles. The van der Waals surface area contributed by atoms with Gasteiger partial charge in [0.1, 0.15) is 0 Å². The molecule has 0 saturated carbocycles. The van der Waals surface area contributed by atoms with Crippen molar-refractivity contribution in [2.45, 2.75) is 6.92 Å². The van der Waals surface area contributed by atoms with E-state index < -0.39 is 0 Å². The van der Waals surface area contributed by atoms with Crippen LogP contribution in [0.2, 0.25) is 0 Å². The minimum atomic E-state index is 0. The number of para-hydroxylation sites is 1. The Labute approximate surface area is 218 Å². The minimum absolute atomic E-state index is 0. The summed E-state index contributed by atoms with van der Waals surface area (Å²) in [6.45, 7) is 2.04. The number of imidazole rings is 1. The van der Waals surface area contributed by atoms with Gasteiger partial charge in [0.25, 0.3) is 0 Å². The SMILES string of the molecule is Cc1cncc2c1nc(-c1[c-]cccc1)n2-c1ccccc1.[Ir].[c-]1ccccc1-c1ccccn1. The van der Waals surface area contributed by atoms with Gasteiger partial charge in [-0.15, -0.1) is 71.8 Å². The van der Waals surface area contributed by atoms with Crippen LogP contribution in [0.5, 0.6) is 0 Å². The van der Waals surface area contributed by atoms with Gasteiger partial charge in [0.05, 0.1) is 23.1 Å². The van der Waals surface area contributed by atoms with E-state index in [2.05, 4.69) is 38.8 Å². The molecule has 0 aliphatic rings. The van der Waals surface area contributed by atoms with Crippen LogP contribution in [0.1, 0.15) is 5.56 Å². The molecular weight excluding hydrogens is 609 g/mol. The van der Waals surface area contributed by atoms with E-state index in [-0.39, 0.29) is 20.1 Å². The van der Waals surface area contributed by atoms with Gasteiger partial charge >= 0.3 is 0 Å². The van der Waals surface area contributed by atoms with Crippen molar-refractivity contribution in [3.8, 4) is 28.3 Å². The molecule has 1 radical (unpaired) electrons. The van der Waals surface area contributed by atoms with Crippen LogP contribution in [-0.2, 0) is 20.1 Å². The smallest absolute Gasteiger partial charge is 0.0834 e. The molecule has 3 aromatic carbocycles. The summed E-state index contributed by atoms with van der Waals surface area (Å²) >= 11 is 0. The first-order chi connectivity index (χ1) is 16.8. The normalized spacial score (nSPS) is 10.2. The Balaban J connectivity index is 0.000000189. The first-order valence-corrected chi connectivity index (χ1v) is 11.0. The van der Waals surface area contributed by atoms with Crippen molar-refractivity contribution in [3.63, 3.8) is 0 Å². The van der Waals surface area contributed by atoms with E-state index in [9.17, 15) is 0 Å². The maximum atomic E-state index is 4.85. The van der Waals surface area contributed by atoms with Crippen LogP contribution < -0.4 is 0 Å². The van der Waals surface area contributed by atoms with Crippen molar-refractivity contribution in [2.75, 3.05) is 0 Å². The number of hydrogen-bond acceptors (Lipinski definition) is 3. The third kappa shape index (κ3) is 5.43. The summed E-state index contributed by atoms with van der Waals surface area (Å²) in [4.78, 5) is 13.4. The fourth-order valence-corrected chi connectivity index (χ4v) is 3.75. The van der Waals surface area contributed by atoms with E-state index >= 15 is 0 Å². The Morgan fingerprint density at radius 1 is 0.714 bits per heavy atom. The zero-order chi connectivity index (χ0) is 23.2. The predicted octanol–water partition coefficient (Wildman–Crippen LogP) is 6.74. The van der Waals surface area contributed by atoms with Crippen molar-refractivity contribution in [3.05, 3.63) is 133 Å². The van der Waals surface area contributed by atoms with Crippen LogP contribution in [-0.4, -0.2) is 19.5 Å². The van der Waals surface area contributed by atoms with Crippen LogP contribution in [0, 0.1) is 19.1 Å². The number of fused-ring (bicyclic) bond motifs is 1. The predicted molar refractivity (Wildman–Crippen MR) is 136 cm³/mol. The van der Waals surface area contributed by atoms with E-state index in [1.54, 1.807) is 6.20 Å². The van der Waals surface area contributed by atoms with E-state index in [0.717, 1.165) is 44.9 Å². The van der Waals surface area contributed by atoms with Crippen molar-refractivity contribution in [1.82, 2.24) is 19.5 Å². The Morgan fingerprint density at radius 2 is 1.40 bits per heavy atom. The zero-order valence-electron chi connectivity index (χ0n) is 19.1. The number of nitrogens with zero attached hydrogens (tertiary/aromatic N) is 4. The summed E-state index contributed by atoms with van der Waals surface area (Å²) in [7, 11) is 0. The second-order valence-electron chi connectivity index (χ2n) is 7.70. The molecule has 4 nitrogen and oxygen atoms in total. The van der Waals surface area contributed by atoms with Crippen LogP contribution in [0.25, 0.3) is 39.4 Å². The van der Waals surface area contributed by atoms with Crippen LogP contribution in [0.4, 0.5) is 0 Å². The molecule has 0 atom stereocenters. The molecule has 3 heterocycles. The van der Waals surface area contributed by atoms with Crippen LogP contribution in [0.3, 0.4) is 0 Å². The molecule has 0 bridgehead atoms. The second-order valence-corrected chi connectivity index (χ2v) is 7.70. The van der Waals surface area contributed by atoms with Crippen molar-refractivity contribution in [2.24, 2.45) is 0 Å². The van der Waals surface area contributed by atoms with Gasteiger partial charge in [-0.25, -0.2) is 0 Å². The molecule has 0 aliphatic heterocycles. The average molecular weight is 631 g/mol. The number of rotatable bonds is 3. The summed E-state index contributed by atoms with van der Waals surface area (Å²) < 4.78 is 2.14. The molecule has 0 amide bonds. The largest absolute Gasteiger partial charge is 0.332 e. The molecule has 5 heteroatoms. The molecule has 0 N–H and O–H groups in total. The van der Waals surface area contributed by atoms with Crippen molar-refractivity contribution >= 4 is 11.0 Å². The average Bonchev–Trinajstić information content (AvgIpc) is 3.32. The maximum Gasteiger partial charge on any atom is 0.0834 e. The van der Waals surface area contributed by atoms with Crippen LogP contribution in [0.15, 0.2) is 116 Å². The van der Waals surface area contributed by atoms with E-state index in [4.69, 9.17) is 4.98 Å². The fraction of sp³-hybridized carbons (Fsp3) is 0.0333. The number of benzene rings is 3. The summed E-state index contributed by atoms with van der Waals surface area (Å²) in [5.41, 5.74) is 7.12. The van der Waals surface area contributed by atoms with Gasteiger partial charge in [0.15, 0.2) is 0 Å². The molecule has 0 aliphatic carbocycles. The molecular formula is C30H22IrN4-2. The number of aromatic nitrogens is 4. The van der Waals surface area contributed by atoms with Gasteiger partial charge in [0.2, 0.25) is 0 Å². The Hall–Kier alpha value is -3.92. The van der Waals surface area contributed by atoms with E-state index in [1.165, 1.54) is 0 Å². The topological polar surface area (TPSA) is 43.6 Å². The Kier molecular flexibility index (Phi) is 7.94. The van der Waals surface area contributed by atoms with Crippen LogP contribution >= 0.6 is 0 Å². The zero-order valence-corrected chi connectivity index (χ0v) is 21.5. The van der Waals surface area contributed by atoms with Gasteiger partial charge in [0, 0.05) is 38.2 Å². The van der Waals surface area contributed by atoms with Gasteiger partial charge in [-0.2, -0.15) is 0 Å². The summed E-state index contributed by atoms with van der Waals surface area (Å²) in [6.07, 6.45) is 5.51. The molecule has 35 heavy (non-hydrogen) atoms. The fourth-order valence-electron chi connectivity index (χ4n) is 3.75. The quantitative estimate of drug-likeness (QED) is 0.204. The van der Waals surface area contributed by atoms with Gasteiger partial charge < -0.3 is 9.55 Å². The molecule has 0 unspecified atom stereocenters.